The molecule has 1 nitrogen and oxygen atoms in total. The predicted octanol–water partition coefficient (Wildman–Crippen LogP) is 4.63. The third kappa shape index (κ3) is 2.18. The number of hydrogen-bond donors (Lipinski definition) is 0. The molecule has 100 valence electrons. The van der Waals surface area contributed by atoms with Gasteiger partial charge in [0.1, 0.15) is 5.82 Å². The molecule has 0 unspecified atom stereocenters. The predicted molar refractivity (Wildman–Crippen MR) is 78.7 cm³/mol. The fourth-order valence-corrected chi connectivity index (χ4v) is 2.77. The van der Waals surface area contributed by atoms with Crippen molar-refractivity contribution in [2.45, 2.75) is 19.8 Å². The Kier molecular flexibility index (Phi) is 3.23. The Morgan fingerprint density at radius 3 is 2.35 bits per heavy atom. The summed E-state index contributed by atoms with van der Waals surface area (Å²) >= 11 is 0. The average Bonchev–Trinajstić information content (AvgIpc) is 2.79. The van der Waals surface area contributed by atoms with Gasteiger partial charge >= 0.3 is 0 Å². The third-order valence-electron chi connectivity index (χ3n) is 3.86. The summed E-state index contributed by atoms with van der Waals surface area (Å²) in [6.45, 7) is 1.88. The molecule has 1 aliphatic rings. The van der Waals surface area contributed by atoms with Gasteiger partial charge in [0, 0.05) is 6.42 Å². The Morgan fingerprint density at radius 2 is 1.70 bits per heavy atom. The van der Waals surface area contributed by atoms with Crippen LogP contribution in [0.3, 0.4) is 0 Å². The second-order valence-corrected chi connectivity index (χ2v) is 5.08. The van der Waals surface area contributed by atoms with Crippen LogP contribution in [-0.2, 0) is 4.79 Å². The van der Waals surface area contributed by atoms with Crippen molar-refractivity contribution >= 4 is 11.4 Å². The molecule has 0 atom stereocenters. The van der Waals surface area contributed by atoms with E-state index in [2.05, 4.69) is 0 Å². The second-order valence-electron chi connectivity index (χ2n) is 5.08. The number of carbonyl (C=O) groups is 1. The first-order valence-corrected chi connectivity index (χ1v) is 6.75. The average molecular weight is 266 g/mol. The van der Waals surface area contributed by atoms with E-state index < -0.39 is 0 Å². The van der Waals surface area contributed by atoms with Crippen LogP contribution in [0.5, 0.6) is 0 Å². The van der Waals surface area contributed by atoms with E-state index in [0.29, 0.717) is 6.42 Å². The van der Waals surface area contributed by atoms with Crippen LogP contribution in [0.4, 0.5) is 4.39 Å². The van der Waals surface area contributed by atoms with Crippen molar-refractivity contribution in [1.82, 2.24) is 0 Å². The monoisotopic (exact) mass is 266 g/mol. The molecule has 0 bridgehead atoms. The molecule has 0 heterocycles. The smallest absolute Gasteiger partial charge is 0.159 e. The van der Waals surface area contributed by atoms with Crippen LogP contribution in [0.25, 0.3) is 16.7 Å². The Balaban J connectivity index is 2.17. The van der Waals surface area contributed by atoms with Crippen LogP contribution in [-0.4, -0.2) is 5.78 Å². The minimum atomic E-state index is -0.245. The van der Waals surface area contributed by atoms with Crippen LogP contribution in [0, 0.1) is 5.82 Å². The molecular weight excluding hydrogens is 251 g/mol. The molecule has 0 N–H and O–H groups in total. The Bertz CT molecular complexity index is 713. The number of carbonyl (C=O) groups excluding carboxylic acids is 1. The van der Waals surface area contributed by atoms with Crippen LogP contribution < -0.4 is 0 Å². The lowest BCUT2D eigenvalue weighted by molar-refractivity contribution is -0.114. The van der Waals surface area contributed by atoms with E-state index in [0.717, 1.165) is 34.3 Å². The van der Waals surface area contributed by atoms with E-state index in [1.165, 1.54) is 12.1 Å². The summed E-state index contributed by atoms with van der Waals surface area (Å²) in [5.41, 5.74) is 4.81. The van der Waals surface area contributed by atoms with Crippen LogP contribution >= 0.6 is 0 Å². The fourth-order valence-electron chi connectivity index (χ4n) is 2.77. The van der Waals surface area contributed by atoms with Gasteiger partial charge in [-0.2, -0.15) is 0 Å². The number of allylic oxidation sites excluding steroid dienone is 2. The molecule has 0 aromatic heterocycles. The number of Topliss-reactive ketones (excluding diaryl/α,β-unsaturated/α-hetero) is 1. The molecule has 0 fully saturated rings. The van der Waals surface area contributed by atoms with Crippen molar-refractivity contribution in [3.8, 4) is 11.1 Å². The SMILES string of the molecule is CC1=C(c2ccccc2-c2cccc(F)c2)CCC1=O. The number of rotatable bonds is 2. The maximum Gasteiger partial charge on any atom is 0.159 e. The van der Waals surface area contributed by atoms with E-state index in [1.807, 2.05) is 37.3 Å². The van der Waals surface area contributed by atoms with E-state index in [1.54, 1.807) is 6.07 Å². The Hall–Kier alpha value is -2.22. The molecule has 0 spiro atoms. The molecule has 2 aromatic carbocycles. The number of ketones is 1. The standard InChI is InChI=1S/C18H15FO/c1-12-15(9-10-18(12)20)17-8-3-2-7-16(17)13-5-4-6-14(19)11-13/h2-8,11H,9-10H2,1H3. The molecule has 0 saturated carbocycles. The summed E-state index contributed by atoms with van der Waals surface area (Å²) in [6.07, 6.45) is 1.36. The molecule has 0 amide bonds. The van der Waals surface area contributed by atoms with Gasteiger partial charge < -0.3 is 0 Å². The summed E-state index contributed by atoms with van der Waals surface area (Å²) in [7, 11) is 0. The van der Waals surface area contributed by atoms with Gasteiger partial charge in [-0.05, 0) is 53.3 Å². The molecule has 1 aliphatic carbocycles. The number of halogens is 1. The molecule has 2 aromatic rings. The lowest BCUT2D eigenvalue weighted by Gasteiger charge is -2.11. The van der Waals surface area contributed by atoms with Crippen LogP contribution in [0.15, 0.2) is 54.1 Å². The van der Waals surface area contributed by atoms with Crippen molar-refractivity contribution < 1.29 is 9.18 Å². The van der Waals surface area contributed by atoms with E-state index in [9.17, 15) is 9.18 Å². The normalized spacial score (nSPS) is 15.0. The lowest BCUT2D eigenvalue weighted by atomic mass is 9.93. The van der Waals surface area contributed by atoms with Gasteiger partial charge in [0.05, 0.1) is 0 Å². The van der Waals surface area contributed by atoms with E-state index in [-0.39, 0.29) is 11.6 Å². The molecule has 0 saturated heterocycles. The molecule has 0 aliphatic heterocycles. The van der Waals surface area contributed by atoms with Gasteiger partial charge in [-0.15, -0.1) is 0 Å². The minimum Gasteiger partial charge on any atom is -0.295 e. The van der Waals surface area contributed by atoms with Crippen molar-refractivity contribution in [2.24, 2.45) is 0 Å². The summed E-state index contributed by atoms with van der Waals surface area (Å²) < 4.78 is 13.4. The van der Waals surface area contributed by atoms with Crippen molar-refractivity contribution in [2.75, 3.05) is 0 Å². The van der Waals surface area contributed by atoms with Gasteiger partial charge in [-0.25, -0.2) is 4.39 Å². The maximum atomic E-state index is 13.4. The van der Waals surface area contributed by atoms with Crippen molar-refractivity contribution in [3.05, 3.63) is 65.5 Å². The Labute approximate surface area is 117 Å². The number of benzene rings is 2. The molecule has 2 heteroatoms. The second kappa shape index (κ2) is 5.04. The van der Waals surface area contributed by atoms with Gasteiger partial charge in [-0.1, -0.05) is 36.4 Å². The zero-order chi connectivity index (χ0) is 14.1. The summed E-state index contributed by atoms with van der Waals surface area (Å²) in [5, 5.41) is 0. The zero-order valence-corrected chi connectivity index (χ0v) is 11.3. The van der Waals surface area contributed by atoms with Gasteiger partial charge in [0.25, 0.3) is 0 Å². The van der Waals surface area contributed by atoms with Crippen molar-refractivity contribution in [1.29, 1.82) is 0 Å². The topological polar surface area (TPSA) is 17.1 Å². The van der Waals surface area contributed by atoms with E-state index in [4.69, 9.17) is 0 Å². The van der Waals surface area contributed by atoms with Gasteiger partial charge in [0.15, 0.2) is 5.78 Å². The first kappa shape index (κ1) is 12.8. The van der Waals surface area contributed by atoms with E-state index >= 15 is 0 Å². The number of hydrogen-bond acceptors (Lipinski definition) is 1. The highest BCUT2D eigenvalue weighted by Crippen LogP contribution is 2.37. The molecule has 3 rings (SSSR count). The highest BCUT2D eigenvalue weighted by molar-refractivity contribution is 6.07. The summed E-state index contributed by atoms with van der Waals surface area (Å²) in [6, 6.07) is 14.5. The molecular formula is C18H15FO. The van der Waals surface area contributed by atoms with Crippen LogP contribution in [0.1, 0.15) is 25.3 Å². The first-order valence-electron chi connectivity index (χ1n) is 6.75. The lowest BCUT2D eigenvalue weighted by Crippen LogP contribution is -1.92. The Morgan fingerprint density at radius 1 is 0.950 bits per heavy atom. The van der Waals surface area contributed by atoms with Gasteiger partial charge in [0.2, 0.25) is 0 Å². The van der Waals surface area contributed by atoms with Crippen LogP contribution in [0.2, 0.25) is 0 Å². The highest BCUT2D eigenvalue weighted by atomic mass is 19.1. The zero-order valence-electron chi connectivity index (χ0n) is 11.3. The summed E-state index contributed by atoms with van der Waals surface area (Å²) in [4.78, 5) is 11.7. The highest BCUT2D eigenvalue weighted by Gasteiger charge is 2.22. The molecule has 0 radical (unpaired) electrons. The largest absolute Gasteiger partial charge is 0.295 e. The summed E-state index contributed by atoms with van der Waals surface area (Å²) in [5.74, 6) is -0.0282. The van der Waals surface area contributed by atoms with Crippen molar-refractivity contribution in [3.63, 3.8) is 0 Å². The third-order valence-corrected chi connectivity index (χ3v) is 3.86. The maximum absolute atomic E-state index is 13.4. The molecule has 20 heavy (non-hydrogen) atoms. The quantitative estimate of drug-likeness (QED) is 0.774. The van der Waals surface area contributed by atoms with Gasteiger partial charge in [-0.3, -0.25) is 4.79 Å². The fraction of sp³-hybridized carbons (Fsp3) is 0.167. The minimum absolute atomic E-state index is 0.217. The first-order chi connectivity index (χ1) is 9.66.